The Hall–Kier alpha value is -2.87. The molecule has 1 heterocycles. The molecular formula is C21H17ClF3N3O2. The van der Waals surface area contributed by atoms with Crippen LogP contribution in [0.15, 0.2) is 52.9 Å². The van der Waals surface area contributed by atoms with E-state index in [0.29, 0.717) is 16.1 Å². The van der Waals surface area contributed by atoms with Crippen LogP contribution in [0.2, 0.25) is 5.02 Å². The predicted molar refractivity (Wildman–Crippen MR) is 103 cm³/mol. The van der Waals surface area contributed by atoms with Crippen molar-refractivity contribution in [3.63, 3.8) is 0 Å². The number of alkyl halides is 3. The van der Waals surface area contributed by atoms with Crippen molar-refractivity contribution in [3.05, 3.63) is 70.6 Å². The largest absolute Gasteiger partial charge is 0.419 e. The fraction of sp³-hybridized carbons (Fsp3) is 0.286. The van der Waals surface area contributed by atoms with E-state index in [-0.39, 0.29) is 36.7 Å². The summed E-state index contributed by atoms with van der Waals surface area (Å²) in [7, 11) is 0. The second-order valence-corrected chi connectivity index (χ2v) is 7.52. The van der Waals surface area contributed by atoms with Crippen LogP contribution in [-0.2, 0) is 23.9 Å². The Balaban J connectivity index is 1.49. The molecule has 2 aromatic carbocycles. The van der Waals surface area contributed by atoms with Crippen LogP contribution in [0.3, 0.4) is 0 Å². The van der Waals surface area contributed by atoms with Crippen LogP contribution in [0.1, 0.15) is 29.9 Å². The number of rotatable bonds is 6. The standard InChI is InChI=1S/C21H17ClF3N3O2/c22-17-7-2-1-6-16(17)20-27-26-18(30-20)12-28(15-8-9-15)19(29)11-13-4-3-5-14(10-13)21(23,24)25/h1-7,10,15H,8-9,11-12H2. The van der Waals surface area contributed by atoms with Crippen LogP contribution in [0, 0.1) is 0 Å². The molecule has 1 fully saturated rings. The fourth-order valence-corrected chi connectivity index (χ4v) is 3.36. The third-order valence-electron chi connectivity index (χ3n) is 4.79. The van der Waals surface area contributed by atoms with E-state index in [9.17, 15) is 18.0 Å². The number of halogens is 4. The SMILES string of the molecule is O=C(Cc1cccc(C(F)(F)F)c1)N(Cc1nnc(-c2ccccc2Cl)o1)C1CC1. The van der Waals surface area contributed by atoms with Crippen molar-refractivity contribution in [1.29, 1.82) is 0 Å². The summed E-state index contributed by atoms with van der Waals surface area (Å²) in [6.45, 7) is 0.0971. The van der Waals surface area contributed by atoms with Gasteiger partial charge in [-0.05, 0) is 36.6 Å². The molecule has 0 N–H and O–H groups in total. The van der Waals surface area contributed by atoms with Gasteiger partial charge in [-0.1, -0.05) is 41.9 Å². The van der Waals surface area contributed by atoms with Gasteiger partial charge in [0, 0.05) is 6.04 Å². The number of carbonyl (C=O) groups excluding carboxylic acids is 1. The van der Waals surface area contributed by atoms with Crippen molar-refractivity contribution in [1.82, 2.24) is 15.1 Å². The number of hydrogen-bond donors (Lipinski definition) is 0. The molecule has 0 atom stereocenters. The van der Waals surface area contributed by atoms with Gasteiger partial charge in [0.25, 0.3) is 0 Å². The number of benzene rings is 2. The summed E-state index contributed by atoms with van der Waals surface area (Å²) in [6.07, 6.45) is -2.92. The molecule has 9 heteroatoms. The quantitative estimate of drug-likeness (QED) is 0.537. The van der Waals surface area contributed by atoms with E-state index in [2.05, 4.69) is 10.2 Å². The molecule has 0 saturated heterocycles. The number of amides is 1. The molecule has 0 aliphatic heterocycles. The fourth-order valence-electron chi connectivity index (χ4n) is 3.15. The van der Waals surface area contributed by atoms with Crippen LogP contribution in [0.25, 0.3) is 11.5 Å². The minimum Gasteiger partial charge on any atom is -0.419 e. The first-order chi connectivity index (χ1) is 14.3. The lowest BCUT2D eigenvalue weighted by atomic mass is 10.1. The molecule has 0 bridgehead atoms. The smallest absolute Gasteiger partial charge is 0.416 e. The molecule has 1 saturated carbocycles. The van der Waals surface area contributed by atoms with Gasteiger partial charge in [0.1, 0.15) is 0 Å². The van der Waals surface area contributed by atoms with Crippen molar-refractivity contribution in [2.45, 2.75) is 38.0 Å². The van der Waals surface area contributed by atoms with Gasteiger partial charge in [-0.25, -0.2) is 0 Å². The molecule has 1 aliphatic carbocycles. The Bertz CT molecular complexity index is 1060. The zero-order valence-electron chi connectivity index (χ0n) is 15.7. The monoisotopic (exact) mass is 435 g/mol. The average Bonchev–Trinajstić information content (AvgIpc) is 3.44. The highest BCUT2D eigenvalue weighted by Gasteiger charge is 2.34. The molecule has 1 aromatic heterocycles. The lowest BCUT2D eigenvalue weighted by Crippen LogP contribution is -2.34. The van der Waals surface area contributed by atoms with E-state index < -0.39 is 11.7 Å². The van der Waals surface area contributed by atoms with Gasteiger partial charge >= 0.3 is 6.18 Å². The van der Waals surface area contributed by atoms with E-state index in [0.717, 1.165) is 25.0 Å². The minimum atomic E-state index is -4.45. The Morgan fingerprint density at radius 3 is 2.60 bits per heavy atom. The predicted octanol–water partition coefficient (Wildman–Crippen LogP) is 5.14. The molecule has 1 amide bonds. The Morgan fingerprint density at radius 1 is 1.13 bits per heavy atom. The maximum absolute atomic E-state index is 12.9. The first kappa shape index (κ1) is 20.4. The van der Waals surface area contributed by atoms with Crippen LogP contribution in [-0.4, -0.2) is 27.0 Å². The third-order valence-corrected chi connectivity index (χ3v) is 5.12. The normalized spacial score (nSPS) is 14.0. The summed E-state index contributed by atoms with van der Waals surface area (Å²) in [5, 5.41) is 8.46. The van der Waals surface area contributed by atoms with Crippen LogP contribution < -0.4 is 0 Å². The lowest BCUT2D eigenvalue weighted by Gasteiger charge is -2.21. The Labute approximate surface area is 175 Å². The molecule has 156 valence electrons. The maximum Gasteiger partial charge on any atom is 0.416 e. The molecule has 0 unspecified atom stereocenters. The van der Waals surface area contributed by atoms with Gasteiger partial charge in [0.15, 0.2) is 0 Å². The number of nitrogens with zero attached hydrogens (tertiary/aromatic N) is 3. The van der Waals surface area contributed by atoms with Crippen molar-refractivity contribution in [2.75, 3.05) is 0 Å². The van der Waals surface area contributed by atoms with E-state index in [4.69, 9.17) is 16.0 Å². The van der Waals surface area contributed by atoms with Crippen molar-refractivity contribution >= 4 is 17.5 Å². The van der Waals surface area contributed by atoms with Gasteiger partial charge in [0.2, 0.25) is 17.7 Å². The van der Waals surface area contributed by atoms with Crippen molar-refractivity contribution in [2.24, 2.45) is 0 Å². The van der Waals surface area contributed by atoms with Crippen molar-refractivity contribution < 1.29 is 22.4 Å². The second kappa shape index (κ2) is 8.10. The maximum atomic E-state index is 12.9. The number of aromatic nitrogens is 2. The Morgan fingerprint density at radius 2 is 1.90 bits per heavy atom. The number of hydrogen-bond acceptors (Lipinski definition) is 4. The van der Waals surface area contributed by atoms with E-state index in [1.54, 1.807) is 29.2 Å². The molecule has 4 rings (SSSR count). The highest BCUT2D eigenvalue weighted by atomic mass is 35.5. The summed E-state index contributed by atoms with van der Waals surface area (Å²) in [4.78, 5) is 14.4. The summed E-state index contributed by atoms with van der Waals surface area (Å²) < 4.78 is 44.5. The van der Waals surface area contributed by atoms with Crippen LogP contribution in [0.4, 0.5) is 13.2 Å². The molecule has 0 radical (unpaired) electrons. The molecule has 5 nitrogen and oxygen atoms in total. The topological polar surface area (TPSA) is 59.2 Å². The van der Waals surface area contributed by atoms with E-state index in [1.165, 1.54) is 12.1 Å². The summed E-state index contributed by atoms with van der Waals surface area (Å²) in [5.41, 5.74) is 0.126. The van der Waals surface area contributed by atoms with E-state index in [1.807, 2.05) is 0 Å². The van der Waals surface area contributed by atoms with Gasteiger partial charge in [-0.3, -0.25) is 4.79 Å². The zero-order chi connectivity index (χ0) is 21.3. The second-order valence-electron chi connectivity index (χ2n) is 7.11. The molecular weight excluding hydrogens is 419 g/mol. The lowest BCUT2D eigenvalue weighted by molar-refractivity contribution is -0.138. The third kappa shape index (κ3) is 4.64. The Kier molecular flexibility index (Phi) is 5.51. The van der Waals surface area contributed by atoms with Crippen molar-refractivity contribution in [3.8, 4) is 11.5 Å². The first-order valence-corrected chi connectivity index (χ1v) is 9.72. The van der Waals surface area contributed by atoms with E-state index >= 15 is 0 Å². The first-order valence-electron chi connectivity index (χ1n) is 9.34. The van der Waals surface area contributed by atoms with Gasteiger partial charge in [-0.2, -0.15) is 13.2 Å². The molecule has 0 spiro atoms. The summed E-state index contributed by atoms with van der Waals surface area (Å²) in [5.74, 6) is 0.209. The summed E-state index contributed by atoms with van der Waals surface area (Å²) >= 11 is 6.15. The molecule has 30 heavy (non-hydrogen) atoms. The summed E-state index contributed by atoms with van der Waals surface area (Å²) in [6, 6.07) is 11.9. The highest BCUT2D eigenvalue weighted by Crippen LogP contribution is 2.32. The van der Waals surface area contributed by atoms with Crippen LogP contribution >= 0.6 is 11.6 Å². The average molecular weight is 436 g/mol. The number of carbonyl (C=O) groups is 1. The zero-order valence-corrected chi connectivity index (χ0v) is 16.5. The highest BCUT2D eigenvalue weighted by molar-refractivity contribution is 6.33. The van der Waals surface area contributed by atoms with Gasteiger partial charge in [0.05, 0.1) is 29.1 Å². The van der Waals surface area contributed by atoms with Crippen LogP contribution in [0.5, 0.6) is 0 Å². The molecule has 3 aromatic rings. The minimum absolute atomic E-state index is 0.0268. The van der Waals surface area contributed by atoms with Gasteiger partial charge in [-0.15, -0.1) is 10.2 Å². The molecule has 1 aliphatic rings. The van der Waals surface area contributed by atoms with Gasteiger partial charge < -0.3 is 9.32 Å².